The number of hydrogen-bond donors (Lipinski definition) is 1. The second-order valence-electron chi connectivity index (χ2n) is 5.77. The summed E-state index contributed by atoms with van der Waals surface area (Å²) in [7, 11) is 0. The molecule has 0 saturated heterocycles. The summed E-state index contributed by atoms with van der Waals surface area (Å²) in [5.41, 5.74) is 2.09. The van der Waals surface area contributed by atoms with Crippen LogP contribution >= 0.6 is 22.9 Å². The smallest absolute Gasteiger partial charge is 0.220 e. The molecule has 1 amide bonds. The molecule has 0 radical (unpaired) electrons. The topological polar surface area (TPSA) is 42.0 Å². The highest BCUT2D eigenvalue weighted by atomic mass is 35.5. The second kappa shape index (κ2) is 7.77. The van der Waals surface area contributed by atoms with Crippen molar-refractivity contribution in [2.45, 2.75) is 32.2 Å². The Labute approximate surface area is 150 Å². The van der Waals surface area contributed by atoms with Crippen LogP contribution in [0.15, 0.2) is 48.5 Å². The van der Waals surface area contributed by atoms with Crippen LogP contribution < -0.4 is 5.32 Å². The van der Waals surface area contributed by atoms with E-state index in [1.54, 1.807) is 11.3 Å². The van der Waals surface area contributed by atoms with Crippen molar-refractivity contribution in [1.29, 1.82) is 0 Å². The zero-order chi connectivity index (χ0) is 16.9. The third kappa shape index (κ3) is 4.34. The molecule has 1 N–H and O–H groups in total. The van der Waals surface area contributed by atoms with E-state index in [2.05, 4.69) is 16.4 Å². The molecule has 5 heteroatoms. The van der Waals surface area contributed by atoms with Gasteiger partial charge in [-0.15, -0.1) is 11.3 Å². The Morgan fingerprint density at radius 3 is 2.71 bits per heavy atom. The fourth-order valence-corrected chi connectivity index (χ4v) is 3.71. The lowest BCUT2D eigenvalue weighted by Gasteiger charge is -2.14. The first kappa shape index (κ1) is 16.9. The predicted octanol–water partition coefficient (Wildman–Crippen LogP) is 5.15. The third-order valence-corrected chi connectivity index (χ3v) is 5.23. The second-order valence-corrected chi connectivity index (χ2v) is 7.32. The highest BCUT2D eigenvalue weighted by Gasteiger charge is 2.10. The predicted molar refractivity (Wildman–Crippen MR) is 101 cm³/mol. The average Bonchev–Trinajstić information content (AvgIpc) is 2.98. The van der Waals surface area contributed by atoms with E-state index in [0.29, 0.717) is 11.4 Å². The fraction of sp³-hybridized carbons (Fsp3) is 0.263. The molecule has 3 rings (SSSR count). The largest absolute Gasteiger partial charge is 0.350 e. The number of carbonyl (C=O) groups is 1. The van der Waals surface area contributed by atoms with Gasteiger partial charge in [0.25, 0.3) is 0 Å². The van der Waals surface area contributed by atoms with E-state index >= 15 is 0 Å². The van der Waals surface area contributed by atoms with Gasteiger partial charge in [-0.3, -0.25) is 4.79 Å². The number of fused-ring (bicyclic) bond motifs is 1. The minimum Gasteiger partial charge on any atom is -0.350 e. The van der Waals surface area contributed by atoms with Crippen molar-refractivity contribution in [2.75, 3.05) is 0 Å². The van der Waals surface area contributed by atoms with Crippen molar-refractivity contribution in [1.82, 2.24) is 10.3 Å². The van der Waals surface area contributed by atoms with Crippen molar-refractivity contribution in [2.24, 2.45) is 0 Å². The average molecular weight is 359 g/mol. The van der Waals surface area contributed by atoms with Crippen molar-refractivity contribution in [3.63, 3.8) is 0 Å². The van der Waals surface area contributed by atoms with E-state index in [0.717, 1.165) is 28.9 Å². The summed E-state index contributed by atoms with van der Waals surface area (Å²) >= 11 is 7.59. The molecule has 0 unspecified atom stereocenters. The Balaban J connectivity index is 1.47. The monoisotopic (exact) mass is 358 g/mol. The van der Waals surface area contributed by atoms with Gasteiger partial charge in [0.05, 0.1) is 21.3 Å². The van der Waals surface area contributed by atoms with Crippen LogP contribution in [0.25, 0.3) is 10.2 Å². The van der Waals surface area contributed by atoms with Crippen molar-refractivity contribution >= 4 is 39.1 Å². The van der Waals surface area contributed by atoms with Crippen LogP contribution in [0.5, 0.6) is 0 Å². The molecule has 1 aromatic heterocycles. The van der Waals surface area contributed by atoms with Crippen LogP contribution in [-0.4, -0.2) is 10.9 Å². The number of halogens is 1. The van der Waals surface area contributed by atoms with Gasteiger partial charge in [0.1, 0.15) is 0 Å². The summed E-state index contributed by atoms with van der Waals surface area (Å²) in [5, 5.41) is 4.82. The maximum atomic E-state index is 12.1. The van der Waals surface area contributed by atoms with Crippen LogP contribution in [0.4, 0.5) is 0 Å². The first-order valence-corrected chi connectivity index (χ1v) is 9.20. The number of rotatable bonds is 6. The highest BCUT2D eigenvalue weighted by Crippen LogP contribution is 2.23. The third-order valence-electron chi connectivity index (χ3n) is 3.88. The Bertz CT molecular complexity index is 796. The molecule has 1 atom stereocenters. The van der Waals surface area contributed by atoms with Gasteiger partial charge in [0.2, 0.25) is 5.91 Å². The van der Waals surface area contributed by atoms with Crippen molar-refractivity contribution < 1.29 is 4.79 Å². The lowest BCUT2D eigenvalue weighted by atomic mass is 10.1. The number of aryl methyl sites for hydroxylation is 1. The lowest BCUT2D eigenvalue weighted by Crippen LogP contribution is -2.26. The molecule has 1 heterocycles. The number of benzene rings is 2. The van der Waals surface area contributed by atoms with E-state index in [1.807, 2.05) is 49.4 Å². The number of thiazole rings is 1. The van der Waals surface area contributed by atoms with E-state index in [9.17, 15) is 4.79 Å². The Hall–Kier alpha value is -1.91. The number of amides is 1. The normalized spacial score (nSPS) is 12.2. The van der Waals surface area contributed by atoms with Crippen LogP contribution in [0.3, 0.4) is 0 Å². The summed E-state index contributed by atoms with van der Waals surface area (Å²) in [6.07, 6.45) is 2.15. The molecule has 0 saturated carbocycles. The van der Waals surface area contributed by atoms with Gasteiger partial charge in [0.15, 0.2) is 0 Å². The number of nitrogens with zero attached hydrogens (tertiary/aromatic N) is 1. The number of aromatic nitrogens is 1. The fourth-order valence-electron chi connectivity index (χ4n) is 2.58. The summed E-state index contributed by atoms with van der Waals surface area (Å²) in [4.78, 5) is 16.7. The summed E-state index contributed by atoms with van der Waals surface area (Å²) in [5.74, 6) is 0.0681. The van der Waals surface area contributed by atoms with Gasteiger partial charge in [-0.2, -0.15) is 0 Å². The lowest BCUT2D eigenvalue weighted by molar-refractivity contribution is -0.121. The Morgan fingerprint density at radius 1 is 1.21 bits per heavy atom. The van der Waals surface area contributed by atoms with Crippen LogP contribution in [-0.2, 0) is 11.2 Å². The molecule has 0 spiro atoms. The van der Waals surface area contributed by atoms with Crippen LogP contribution in [0, 0.1) is 0 Å². The molecule has 0 fully saturated rings. The molecule has 0 aliphatic rings. The van der Waals surface area contributed by atoms with E-state index in [-0.39, 0.29) is 11.9 Å². The van der Waals surface area contributed by atoms with E-state index in [4.69, 9.17) is 11.6 Å². The summed E-state index contributed by atoms with van der Waals surface area (Å²) < 4.78 is 1.20. The molecule has 0 bridgehead atoms. The maximum Gasteiger partial charge on any atom is 0.220 e. The molecule has 0 aliphatic carbocycles. The van der Waals surface area contributed by atoms with Crippen LogP contribution in [0.2, 0.25) is 5.02 Å². The summed E-state index contributed by atoms with van der Waals surface area (Å²) in [6, 6.07) is 15.7. The molecule has 3 aromatic rings. The van der Waals surface area contributed by atoms with Gasteiger partial charge in [-0.25, -0.2) is 4.98 Å². The Kier molecular flexibility index (Phi) is 5.48. The molecular formula is C19H19ClN2OS. The zero-order valence-corrected chi connectivity index (χ0v) is 15.0. The number of para-hydroxylation sites is 1. The van der Waals surface area contributed by atoms with Crippen molar-refractivity contribution in [3.8, 4) is 0 Å². The minimum absolute atomic E-state index is 0.0165. The zero-order valence-electron chi connectivity index (χ0n) is 13.5. The van der Waals surface area contributed by atoms with Crippen LogP contribution in [0.1, 0.15) is 36.4 Å². The molecule has 24 heavy (non-hydrogen) atoms. The van der Waals surface area contributed by atoms with Gasteiger partial charge in [-0.1, -0.05) is 35.9 Å². The maximum absolute atomic E-state index is 12.1. The minimum atomic E-state index is -0.0165. The van der Waals surface area contributed by atoms with Crippen molar-refractivity contribution in [3.05, 3.63) is 64.1 Å². The van der Waals surface area contributed by atoms with Gasteiger partial charge in [-0.05, 0) is 49.6 Å². The number of hydrogen-bond acceptors (Lipinski definition) is 3. The van der Waals surface area contributed by atoms with E-state index < -0.39 is 0 Å². The first-order valence-electron chi connectivity index (χ1n) is 8.01. The highest BCUT2D eigenvalue weighted by molar-refractivity contribution is 7.18. The van der Waals surface area contributed by atoms with Gasteiger partial charge in [0, 0.05) is 11.4 Å². The summed E-state index contributed by atoms with van der Waals surface area (Å²) in [6.45, 7) is 1.98. The number of carbonyl (C=O) groups excluding carboxylic acids is 1. The SMILES string of the molecule is C[C@H](NC(=O)CCCc1nc2ccccc2s1)c1ccc(Cl)cc1. The molecule has 124 valence electrons. The first-order chi connectivity index (χ1) is 11.6. The quantitative estimate of drug-likeness (QED) is 0.662. The van der Waals surface area contributed by atoms with E-state index in [1.165, 1.54) is 4.70 Å². The van der Waals surface area contributed by atoms with Gasteiger partial charge < -0.3 is 5.32 Å². The van der Waals surface area contributed by atoms with Gasteiger partial charge >= 0.3 is 0 Å². The number of nitrogens with one attached hydrogen (secondary N) is 1. The molecular weight excluding hydrogens is 340 g/mol. The Morgan fingerprint density at radius 2 is 1.96 bits per heavy atom. The standard InChI is InChI=1S/C19H19ClN2OS/c1-13(14-9-11-15(20)12-10-14)21-18(23)7-4-8-19-22-16-5-2-3-6-17(16)24-19/h2-3,5-6,9-13H,4,7-8H2,1H3,(H,21,23)/t13-/m0/s1. The molecule has 3 nitrogen and oxygen atoms in total. The molecule has 2 aromatic carbocycles. The molecule has 0 aliphatic heterocycles.